The van der Waals surface area contributed by atoms with E-state index in [0.717, 1.165) is 11.1 Å². The van der Waals surface area contributed by atoms with E-state index in [2.05, 4.69) is 5.16 Å². The summed E-state index contributed by atoms with van der Waals surface area (Å²) in [5, 5.41) is 3.80. The van der Waals surface area contributed by atoms with E-state index in [1.165, 1.54) is 9.47 Å². The lowest BCUT2D eigenvalue weighted by atomic mass is 10.1. The molecular formula is C14H17N3O4. The maximum Gasteiger partial charge on any atom is 0.441 e. The van der Waals surface area contributed by atoms with E-state index in [1.54, 1.807) is 14.1 Å². The highest BCUT2D eigenvalue weighted by molar-refractivity contribution is 5.66. The molecule has 0 radical (unpaired) electrons. The summed E-state index contributed by atoms with van der Waals surface area (Å²) < 4.78 is 11.1. The maximum atomic E-state index is 11.7. The van der Waals surface area contributed by atoms with Gasteiger partial charge in [0.1, 0.15) is 6.61 Å². The maximum absolute atomic E-state index is 11.7. The fourth-order valence-corrected chi connectivity index (χ4v) is 1.84. The van der Waals surface area contributed by atoms with Crippen LogP contribution < -0.4 is 5.76 Å². The van der Waals surface area contributed by atoms with E-state index in [-0.39, 0.29) is 13.2 Å². The van der Waals surface area contributed by atoms with Crippen molar-refractivity contribution in [2.24, 2.45) is 0 Å². The predicted octanol–water partition coefficient (Wildman–Crippen LogP) is 1.51. The highest BCUT2D eigenvalue weighted by Crippen LogP contribution is 2.19. The lowest BCUT2D eigenvalue weighted by Crippen LogP contribution is -2.26. The number of carbonyl (C=O) groups excluding carboxylic acids is 1. The quantitative estimate of drug-likeness (QED) is 0.853. The minimum absolute atomic E-state index is 0.0665. The molecule has 0 aliphatic rings. The summed E-state index contributed by atoms with van der Waals surface area (Å²) in [5.41, 5.74) is 1.78. The third-order valence-corrected chi connectivity index (χ3v) is 2.98. The zero-order valence-corrected chi connectivity index (χ0v) is 12.2. The van der Waals surface area contributed by atoms with Crippen LogP contribution >= 0.6 is 0 Å². The summed E-state index contributed by atoms with van der Waals surface area (Å²) in [4.78, 5) is 24.4. The predicted molar refractivity (Wildman–Crippen MR) is 76.0 cm³/mol. The second kappa shape index (κ2) is 6.25. The monoisotopic (exact) mass is 291 g/mol. The van der Waals surface area contributed by atoms with Gasteiger partial charge in [-0.3, -0.25) is 9.09 Å². The zero-order valence-electron chi connectivity index (χ0n) is 12.2. The van der Waals surface area contributed by atoms with Gasteiger partial charge in [0, 0.05) is 19.7 Å². The molecule has 2 aromatic rings. The van der Waals surface area contributed by atoms with Gasteiger partial charge >= 0.3 is 11.8 Å². The first kappa shape index (κ1) is 14.8. The number of rotatable bonds is 4. The summed E-state index contributed by atoms with van der Waals surface area (Å²) in [6.07, 6.45) is -0.461. The van der Waals surface area contributed by atoms with Crippen LogP contribution in [-0.2, 0) is 11.3 Å². The number of ether oxygens (including phenoxy) is 1. The van der Waals surface area contributed by atoms with E-state index < -0.39 is 11.8 Å². The van der Waals surface area contributed by atoms with Crippen LogP contribution in [0, 0.1) is 6.92 Å². The van der Waals surface area contributed by atoms with Crippen LogP contribution in [0.25, 0.3) is 11.4 Å². The molecule has 2 rings (SSSR count). The molecule has 1 heterocycles. The number of hydrogen-bond donors (Lipinski definition) is 0. The summed E-state index contributed by atoms with van der Waals surface area (Å²) >= 11 is 0. The number of amides is 1. The molecular weight excluding hydrogens is 274 g/mol. The van der Waals surface area contributed by atoms with Crippen molar-refractivity contribution < 1.29 is 14.1 Å². The van der Waals surface area contributed by atoms with Crippen molar-refractivity contribution in [1.29, 1.82) is 0 Å². The molecule has 1 aromatic heterocycles. The highest BCUT2D eigenvalue weighted by atomic mass is 16.6. The van der Waals surface area contributed by atoms with Crippen molar-refractivity contribution >= 4 is 6.09 Å². The molecule has 0 unspecified atom stereocenters. The molecule has 0 spiro atoms. The van der Waals surface area contributed by atoms with E-state index in [4.69, 9.17) is 9.26 Å². The standard InChI is InChI=1S/C14H17N3O4/c1-10-6-4-5-7-11(10)12-15-21-14(19)17(12)8-9-20-13(18)16(2)3/h4-7H,8-9H2,1-3H3. The van der Waals surface area contributed by atoms with E-state index in [1.807, 2.05) is 31.2 Å². The van der Waals surface area contributed by atoms with E-state index >= 15 is 0 Å². The van der Waals surface area contributed by atoms with Crippen LogP contribution in [0.5, 0.6) is 0 Å². The number of aryl methyl sites for hydroxylation is 1. The Morgan fingerprint density at radius 3 is 2.76 bits per heavy atom. The van der Waals surface area contributed by atoms with Crippen molar-refractivity contribution in [2.45, 2.75) is 13.5 Å². The number of nitrogens with zero attached hydrogens (tertiary/aromatic N) is 3. The molecule has 1 amide bonds. The van der Waals surface area contributed by atoms with Crippen molar-refractivity contribution in [3.8, 4) is 11.4 Å². The second-order valence-electron chi connectivity index (χ2n) is 4.75. The highest BCUT2D eigenvalue weighted by Gasteiger charge is 2.15. The Labute approximate surface area is 121 Å². The first-order chi connectivity index (χ1) is 10.0. The fraction of sp³-hybridized carbons (Fsp3) is 0.357. The Kier molecular flexibility index (Phi) is 4.42. The largest absolute Gasteiger partial charge is 0.448 e. The van der Waals surface area contributed by atoms with Gasteiger partial charge < -0.3 is 9.64 Å². The molecule has 0 saturated heterocycles. The Morgan fingerprint density at radius 1 is 1.38 bits per heavy atom. The Hall–Kier alpha value is -2.57. The van der Waals surface area contributed by atoms with Gasteiger partial charge in [-0.05, 0) is 12.5 Å². The number of benzene rings is 1. The average Bonchev–Trinajstić information content (AvgIpc) is 2.80. The zero-order chi connectivity index (χ0) is 15.4. The molecule has 21 heavy (non-hydrogen) atoms. The Morgan fingerprint density at radius 2 is 2.10 bits per heavy atom. The van der Waals surface area contributed by atoms with Crippen LogP contribution in [0.2, 0.25) is 0 Å². The second-order valence-corrected chi connectivity index (χ2v) is 4.75. The molecule has 0 fully saturated rings. The topological polar surface area (TPSA) is 77.6 Å². The van der Waals surface area contributed by atoms with Gasteiger partial charge in [0.05, 0.1) is 6.54 Å². The Bertz CT molecular complexity index is 688. The summed E-state index contributed by atoms with van der Waals surface area (Å²) in [6, 6.07) is 7.54. The molecule has 0 saturated carbocycles. The van der Waals surface area contributed by atoms with Gasteiger partial charge in [-0.2, -0.15) is 0 Å². The van der Waals surface area contributed by atoms with Crippen LogP contribution in [0.4, 0.5) is 4.79 Å². The number of aromatic nitrogens is 2. The molecule has 0 aliphatic heterocycles. The van der Waals surface area contributed by atoms with Crippen molar-refractivity contribution in [1.82, 2.24) is 14.6 Å². The number of hydrogen-bond acceptors (Lipinski definition) is 5. The smallest absolute Gasteiger partial charge is 0.441 e. The van der Waals surface area contributed by atoms with E-state index in [0.29, 0.717) is 5.82 Å². The van der Waals surface area contributed by atoms with Gasteiger partial charge in [-0.15, -0.1) is 0 Å². The first-order valence-corrected chi connectivity index (χ1v) is 6.47. The van der Waals surface area contributed by atoms with Crippen LogP contribution in [0.15, 0.2) is 33.6 Å². The Balaban J connectivity index is 2.18. The third kappa shape index (κ3) is 3.31. The molecule has 7 nitrogen and oxygen atoms in total. The molecule has 1 aromatic carbocycles. The van der Waals surface area contributed by atoms with Crippen LogP contribution in [0.3, 0.4) is 0 Å². The molecule has 0 aliphatic carbocycles. The molecule has 0 bridgehead atoms. The van der Waals surface area contributed by atoms with Crippen molar-refractivity contribution in [3.63, 3.8) is 0 Å². The van der Waals surface area contributed by atoms with Gasteiger partial charge in [0.25, 0.3) is 0 Å². The fourth-order valence-electron chi connectivity index (χ4n) is 1.84. The lowest BCUT2D eigenvalue weighted by molar-refractivity contribution is 0.114. The summed E-state index contributed by atoms with van der Waals surface area (Å²) in [7, 11) is 3.18. The first-order valence-electron chi connectivity index (χ1n) is 6.47. The SMILES string of the molecule is Cc1ccccc1-c1noc(=O)n1CCOC(=O)N(C)C. The average molecular weight is 291 g/mol. The van der Waals surface area contributed by atoms with Gasteiger partial charge in [-0.25, -0.2) is 9.59 Å². The van der Waals surface area contributed by atoms with Crippen LogP contribution in [0.1, 0.15) is 5.56 Å². The molecule has 112 valence electrons. The number of carbonyl (C=O) groups is 1. The third-order valence-electron chi connectivity index (χ3n) is 2.98. The minimum atomic E-state index is -0.575. The van der Waals surface area contributed by atoms with Gasteiger partial charge in [0.2, 0.25) is 0 Å². The van der Waals surface area contributed by atoms with Crippen molar-refractivity contribution in [3.05, 3.63) is 40.4 Å². The minimum Gasteiger partial charge on any atom is -0.448 e. The van der Waals surface area contributed by atoms with Gasteiger partial charge in [0.15, 0.2) is 5.82 Å². The normalized spacial score (nSPS) is 10.4. The molecule has 0 N–H and O–H groups in total. The molecule has 0 atom stereocenters. The molecule has 7 heteroatoms. The summed E-state index contributed by atoms with van der Waals surface area (Å²) in [6.45, 7) is 2.17. The van der Waals surface area contributed by atoms with E-state index in [9.17, 15) is 9.59 Å². The van der Waals surface area contributed by atoms with Crippen LogP contribution in [-0.4, -0.2) is 41.4 Å². The van der Waals surface area contributed by atoms with Crippen molar-refractivity contribution in [2.75, 3.05) is 20.7 Å². The summed E-state index contributed by atoms with van der Waals surface area (Å²) in [5.74, 6) is -0.145. The lowest BCUT2D eigenvalue weighted by Gasteiger charge is -2.11. The van der Waals surface area contributed by atoms with Gasteiger partial charge in [-0.1, -0.05) is 29.4 Å².